The molecule has 1 N–H and O–H groups in total. The smallest absolute Gasteiger partial charge is 0.179 e. The number of rotatable bonds is 3. The summed E-state index contributed by atoms with van der Waals surface area (Å²) in [5.74, 6) is 0. The van der Waals surface area contributed by atoms with Crippen LogP contribution in [0.1, 0.15) is 19.3 Å². The van der Waals surface area contributed by atoms with Crippen LogP contribution < -0.4 is 0 Å². The van der Waals surface area contributed by atoms with Crippen LogP contribution >= 0.6 is 23.8 Å². The number of aryl methyl sites for hydroxylation is 1. The molecular formula is C12H14ClN3OS. The van der Waals surface area contributed by atoms with Gasteiger partial charge in [0.25, 0.3) is 0 Å². The second-order valence-corrected chi connectivity index (χ2v) is 5.35. The van der Waals surface area contributed by atoms with Gasteiger partial charge in [-0.05, 0) is 37.5 Å². The van der Waals surface area contributed by atoms with Crippen molar-refractivity contribution in [2.24, 2.45) is 0 Å². The fourth-order valence-electron chi connectivity index (χ4n) is 2.37. The largest absolute Gasteiger partial charge is 0.378 e. The SMILES string of the molecule is S=c1[nH]c2cc(Cl)cnc2n1CCC1CCCO1. The number of hydrogen-bond donors (Lipinski definition) is 1. The van der Waals surface area contributed by atoms with Crippen LogP contribution in [0.3, 0.4) is 0 Å². The van der Waals surface area contributed by atoms with E-state index in [1.54, 1.807) is 6.20 Å². The van der Waals surface area contributed by atoms with Crippen molar-refractivity contribution in [3.05, 3.63) is 22.1 Å². The molecule has 1 saturated heterocycles. The summed E-state index contributed by atoms with van der Waals surface area (Å²) >= 11 is 11.2. The maximum Gasteiger partial charge on any atom is 0.179 e. The monoisotopic (exact) mass is 283 g/mol. The number of imidazole rings is 1. The Morgan fingerprint density at radius 3 is 3.28 bits per heavy atom. The van der Waals surface area contributed by atoms with Crippen molar-refractivity contribution in [2.75, 3.05) is 6.61 Å². The molecule has 0 amide bonds. The van der Waals surface area contributed by atoms with E-state index in [1.165, 1.54) is 0 Å². The van der Waals surface area contributed by atoms with Gasteiger partial charge in [-0.2, -0.15) is 0 Å². The Morgan fingerprint density at radius 2 is 2.50 bits per heavy atom. The molecule has 1 fully saturated rings. The molecule has 1 unspecified atom stereocenters. The third kappa shape index (κ3) is 2.30. The third-order valence-corrected chi connectivity index (χ3v) is 3.80. The van der Waals surface area contributed by atoms with Gasteiger partial charge in [0, 0.05) is 19.3 Å². The summed E-state index contributed by atoms with van der Waals surface area (Å²) in [6, 6.07) is 1.85. The minimum absolute atomic E-state index is 0.365. The van der Waals surface area contributed by atoms with E-state index in [9.17, 15) is 0 Å². The molecule has 0 saturated carbocycles. The number of H-pyrrole nitrogens is 1. The first-order chi connectivity index (χ1) is 8.74. The van der Waals surface area contributed by atoms with Gasteiger partial charge < -0.3 is 14.3 Å². The normalized spacial score (nSPS) is 19.7. The molecule has 0 spiro atoms. The van der Waals surface area contributed by atoms with Crippen LogP contribution in [0.15, 0.2) is 12.3 Å². The highest BCUT2D eigenvalue weighted by atomic mass is 35.5. The van der Waals surface area contributed by atoms with Crippen molar-refractivity contribution in [3.8, 4) is 0 Å². The predicted octanol–water partition coefficient (Wildman–Crippen LogP) is 3.32. The number of fused-ring (bicyclic) bond motifs is 1. The highest BCUT2D eigenvalue weighted by Crippen LogP contribution is 2.19. The Bertz CT molecular complexity index is 615. The Balaban J connectivity index is 1.86. The van der Waals surface area contributed by atoms with Gasteiger partial charge in [0.1, 0.15) is 0 Å². The molecule has 1 atom stereocenters. The number of pyridine rings is 1. The number of nitrogens with one attached hydrogen (secondary N) is 1. The molecule has 2 aromatic rings. The van der Waals surface area contributed by atoms with Crippen LogP contribution in [-0.4, -0.2) is 27.2 Å². The van der Waals surface area contributed by atoms with Gasteiger partial charge >= 0.3 is 0 Å². The van der Waals surface area contributed by atoms with Gasteiger partial charge in [0.15, 0.2) is 10.4 Å². The summed E-state index contributed by atoms with van der Waals surface area (Å²) in [6.45, 7) is 1.72. The van der Waals surface area contributed by atoms with E-state index in [4.69, 9.17) is 28.6 Å². The zero-order chi connectivity index (χ0) is 12.5. The Hall–Kier alpha value is -0.910. The molecule has 1 aliphatic rings. The minimum Gasteiger partial charge on any atom is -0.378 e. The van der Waals surface area contributed by atoms with Gasteiger partial charge in [0.2, 0.25) is 0 Å². The minimum atomic E-state index is 0.365. The molecule has 0 radical (unpaired) electrons. The second kappa shape index (κ2) is 4.99. The zero-order valence-corrected chi connectivity index (χ0v) is 11.4. The summed E-state index contributed by atoms with van der Waals surface area (Å²) in [6.07, 6.45) is 5.30. The Morgan fingerprint density at radius 1 is 1.61 bits per heavy atom. The fraction of sp³-hybridized carbons (Fsp3) is 0.500. The molecule has 1 aliphatic heterocycles. The van der Waals surface area contributed by atoms with E-state index < -0.39 is 0 Å². The molecule has 96 valence electrons. The van der Waals surface area contributed by atoms with Gasteiger partial charge in [-0.25, -0.2) is 4.98 Å². The van der Waals surface area contributed by atoms with Crippen LogP contribution in [0.4, 0.5) is 0 Å². The lowest BCUT2D eigenvalue weighted by Crippen LogP contribution is -2.10. The van der Waals surface area contributed by atoms with Crippen LogP contribution in [0.5, 0.6) is 0 Å². The molecule has 18 heavy (non-hydrogen) atoms. The maximum atomic E-state index is 5.92. The van der Waals surface area contributed by atoms with E-state index in [1.807, 2.05) is 10.6 Å². The Labute approximate surface area is 115 Å². The average molecular weight is 284 g/mol. The number of nitrogens with zero attached hydrogens (tertiary/aromatic N) is 2. The van der Waals surface area contributed by atoms with Crippen molar-refractivity contribution in [2.45, 2.75) is 31.9 Å². The Kier molecular flexibility index (Phi) is 3.37. The molecule has 6 heteroatoms. The summed E-state index contributed by atoms with van der Waals surface area (Å²) in [4.78, 5) is 7.47. The predicted molar refractivity (Wildman–Crippen MR) is 73.5 cm³/mol. The summed E-state index contributed by atoms with van der Waals surface area (Å²) in [5, 5.41) is 0.616. The van der Waals surface area contributed by atoms with Crippen LogP contribution in [-0.2, 0) is 11.3 Å². The molecule has 0 bridgehead atoms. The van der Waals surface area contributed by atoms with Crippen LogP contribution in [0.2, 0.25) is 5.02 Å². The first kappa shape index (κ1) is 12.1. The van der Waals surface area contributed by atoms with E-state index in [-0.39, 0.29) is 0 Å². The summed E-state index contributed by atoms with van der Waals surface area (Å²) in [7, 11) is 0. The molecule has 2 aromatic heterocycles. The highest BCUT2D eigenvalue weighted by Gasteiger charge is 2.16. The average Bonchev–Trinajstić information content (AvgIpc) is 2.93. The highest BCUT2D eigenvalue weighted by molar-refractivity contribution is 7.71. The summed E-state index contributed by atoms with van der Waals surface area (Å²) in [5.41, 5.74) is 1.75. The topological polar surface area (TPSA) is 42.8 Å². The molecule has 0 aliphatic carbocycles. The maximum absolute atomic E-state index is 5.92. The van der Waals surface area contributed by atoms with E-state index in [0.29, 0.717) is 15.9 Å². The van der Waals surface area contributed by atoms with Crippen molar-refractivity contribution >= 4 is 35.0 Å². The van der Waals surface area contributed by atoms with Gasteiger partial charge in [-0.15, -0.1) is 0 Å². The van der Waals surface area contributed by atoms with Crippen molar-refractivity contribution in [1.82, 2.24) is 14.5 Å². The number of aromatic amines is 1. The molecular weight excluding hydrogens is 270 g/mol. The zero-order valence-electron chi connectivity index (χ0n) is 9.86. The number of hydrogen-bond acceptors (Lipinski definition) is 3. The molecule has 4 nitrogen and oxygen atoms in total. The number of aromatic nitrogens is 3. The lowest BCUT2D eigenvalue weighted by molar-refractivity contribution is 0.100. The first-order valence-corrected chi connectivity index (χ1v) is 6.88. The molecule has 0 aromatic carbocycles. The van der Waals surface area contributed by atoms with Crippen molar-refractivity contribution in [1.29, 1.82) is 0 Å². The fourth-order valence-corrected chi connectivity index (χ4v) is 2.82. The second-order valence-electron chi connectivity index (χ2n) is 4.53. The number of halogens is 1. The summed E-state index contributed by atoms with van der Waals surface area (Å²) < 4.78 is 8.33. The van der Waals surface area contributed by atoms with Crippen molar-refractivity contribution in [3.63, 3.8) is 0 Å². The van der Waals surface area contributed by atoms with Gasteiger partial charge in [0.05, 0.1) is 16.6 Å². The number of ether oxygens (including phenoxy) is 1. The van der Waals surface area contributed by atoms with E-state index in [0.717, 1.165) is 43.6 Å². The van der Waals surface area contributed by atoms with Crippen LogP contribution in [0, 0.1) is 4.77 Å². The third-order valence-electron chi connectivity index (χ3n) is 3.27. The molecule has 3 rings (SSSR count). The quantitative estimate of drug-likeness (QED) is 0.879. The standard InChI is InChI=1S/C12H14ClN3OS/c13-8-6-10-11(14-7-8)16(12(18)15-10)4-3-9-2-1-5-17-9/h6-7,9H,1-5H2,(H,15,18). The molecule has 3 heterocycles. The van der Waals surface area contributed by atoms with Gasteiger partial charge in [-0.1, -0.05) is 11.6 Å². The lowest BCUT2D eigenvalue weighted by atomic mass is 10.2. The van der Waals surface area contributed by atoms with E-state index >= 15 is 0 Å². The first-order valence-electron chi connectivity index (χ1n) is 6.10. The lowest BCUT2D eigenvalue weighted by Gasteiger charge is -2.09. The van der Waals surface area contributed by atoms with Gasteiger partial charge in [-0.3, -0.25) is 0 Å². The van der Waals surface area contributed by atoms with E-state index in [2.05, 4.69) is 9.97 Å². The van der Waals surface area contributed by atoms with Crippen molar-refractivity contribution < 1.29 is 4.74 Å². The van der Waals surface area contributed by atoms with Crippen LogP contribution in [0.25, 0.3) is 11.2 Å².